The monoisotopic (exact) mass is 211 g/mol. The van der Waals surface area contributed by atoms with Crippen molar-refractivity contribution >= 4 is 0 Å². The Balaban J connectivity index is 1.96. The summed E-state index contributed by atoms with van der Waals surface area (Å²) in [6, 6.07) is 1.22. The fourth-order valence-electron chi connectivity index (χ4n) is 3.71. The van der Waals surface area contributed by atoms with Gasteiger partial charge in [0.25, 0.3) is 0 Å². The average molecular weight is 211 g/mol. The first-order valence-corrected chi connectivity index (χ1v) is 6.57. The minimum Gasteiger partial charge on any atom is -0.395 e. The van der Waals surface area contributed by atoms with E-state index in [1.165, 1.54) is 38.6 Å². The van der Waals surface area contributed by atoms with Crippen molar-refractivity contribution in [1.29, 1.82) is 0 Å². The van der Waals surface area contributed by atoms with E-state index in [1.807, 2.05) is 0 Å². The molecule has 1 aliphatic heterocycles. The number of aliphatic hydroxyl groups is 1. The molecule has 2 heteroatoms. The van der Waals surface area contributed by atoms with Gasteiger partial charge in [0.1, 0.15) is 0 Å². The molecular weight excluding hydrogens is 186 g/mol. The van der Waals surface area contributed by atoms with Crippen molar-refractivity contribution in [3.8, 4) is 0 Å². The van der Waals surface area contributed by atoms with E-state index in [1.54, 1.807) is 0 Å². The first-order chi connectivity index (χ1) is 7.20. The van der Waals surface area contributed by atoms with Crippen molar-refractivity contribution in [2.45, 2.75) is 58.0 Å². The lowest BCUT2D eigenvalue weighted by Gasteiger charge is -2.39. The van der Waals surface area contributed by atoms with E-state index < -0.39 is 0 Å². The summed E-state index contributed by atoms with van der Waals surface area (Å²) in [6.45, 7) is 6.34. The van der Waals surface area contributed by atoms with Crippen LogP contribution in [0.1, 0.15) is 46.0 Å². The largest absolute Gasteiger partial charge is 0.395 e. The molecule has 2 unspecified atom stereocenters. The lowest BCUT2D eigenvalue weighted by molar-refractivity contribution is 0.0707. The number of hydrogen-bond acceptors (Lipinski definition) is 2. The molecule has 0 bridgehead atoms. The van der Waals surface area contributed by atoms with Gasteiger partial charge in [-0.25, -0.2) is 0 Å². The van der Waals surface area contributed by atoms with Crippen LogP contribution in [0.15, 0.2) is 0 Å². The van der Waals surface area contributed by atoms with Crippen LogP contribution >= 0.6 is 0 Å². The quantitative estimate of drug-likeness (QED) is 0.757. The van der Waals surface area contributed by atoms with Gasteiger partial charge in [-0.3, -0.25) is 4.90 Å². The highest BCUT2D eigenvalue weighted by Crippen LogP contribution is 2.34. The fourth-order valence-corrected chi connectivity index (χ4v) is 3.71. The third-order valence-corrected chi connectivity index (χ3v) is 4.26. The van der Waals surface area contributed by atoms with Gasteiger partial charge < -0.3 is 5.11 Å². The number of hydrogen-bond donors (Lipinski definition) is 1. The molecule has 1 N–H and O–H groups in total. The van der Waals surface area contributed by atoms with E-state index in [9.17, 15) is 5.11 Å². The van der Waals surface area contributed by atoms with Crippen LogP contribution in [0, 0.1) is 11.8 Å². The molecule has 2 rings (SSSR count). The van der Waals surface area contributed by atoms with Crippen molar-refractivity contribution in [3.05, 3.63) is 0 Å². The van der Waals surface area contributed by atoms with E-state index >= 15 is 0 Å². The zero-order valence-electron chi connectivity index (χ0n) is 10.2. The predicted octanol–water partition coefficient (Wildman–Crippen LogP) is 2.27. The van der Waals surface area contributed by atoms with Crippen LogP contribution in [0.2, 0.25) is 0 Å². The van der Waals surface area contributed by atoms with Crippen LogP contribution in [-0.4, -0.2) is 35.2 Å². The summed E-state index contributed by atoms with van der Waals surface area (Å²) < 4.78 is 0. The average Bonchev–Trinajstić information content (AvgIpc) is 2.63. The number of nitrogens with zero attached hydrogens (tertiary/aromatic N) is 1. The van der Waals surface area contributed by atoms with E-state index in [2.05, 4.69) is 18.7 Å². The number of aliphatic hydroxyl groups excluding tert-OH is 1. The zero-order chi connectivity index (χ0) is 10.8. The van der Waals surface area contributed by atoms with Gasteiger partial charge in [-0.15, -0.1) is 0 Å². The van der Waals surface area contributed by atoms with E-state index in [0.717, 1.165) is 17.9 Å². The predicted molar refractivity (Wildman–Crippen MR) is 62.8 cm³/mol. The second-order valence-corrected chi connectivity index (χ2v) is 5.79. The highest BCUT2D eigenvalue weighted by molar-refractivity contribution is 4.88. The maximum atomic E-state index is 9.36. The Hall–Kier alpha value is -0.0800. The van der Waals surface area contributed by atoms with Crippen molar-refractivity contribution in [2.75, 3.05) is 13.2 Å². The molecule has 1 heterocycles. The lowest BCUT2D eigenvalue weighted by atomic mass is 9.79. The number of likely N-dealkylation sites (tertiary alicyclic amines) is 1. The maximum Gasteiger partial charge on any atom is 0.0586 e. The summed E-state index contributed by atoms with van der Waals surface area (Å²) in [5, 5.41) is 9.36. The van der Waals surface area contributed by atoms with E-state index in [-0.39, 0.29) is 0 Å². The van der Waals surface area contributed by atoms with Crippen molar-refractivity contribution in [3.63, 3.8) is 0 Å². The van der Waals surface area contributed by atoms with Gasteiger partial charge in [-0.1, -0.05) is 13.8 Å². The molecule has 1 aliphatic carbocycles. The first kappa shape index (κ1) is 11.4. The molecule has 0 spiro atoms. The second-order valence-electron chi connectivity index (χ2n) is 5.79. The third-order valence-electron chi connectivity index (χ3n) is 4.26. The molecule has 0 radical (unpaired) electrons. The Labute approximate surface area is 93.7 Å². The van der Waals surface area contributed by atoms with Crippen LogP contribution in [0.4, 0.5) is 0 Å². The molecule has 15 heavy (non-hydrogen) atoms. The van der Waals surface area contributed by atoms with Gasteiger partial charge in [0.05, 0.1) is 6.61 Å². The molecular formula is C13H25NO. The Morgan fingerprint density at radius 3 is 2.40 bits per heavy atom. The zero-order valence-corrected chi connectivity index (χ0v) is 10.2. The van der Waals surface area contributed by atoms with Gasteiger partial charge in [0.15, 0.2) is 0 Å². The molecule has 0 aromatic carbocycles. The highest BCUT2D eigenvalue weighted by Gasteiger charge is 2.34. The first-order valence-electron chi connectivity index (χ1n) is 6.57. The Morgan fingerprint density at radius 2 is 1.80 bits per heavy atom. The molecule has 0 amide bonds. The van der Waals surface area contributed by atoms with Crippen LogP contribution < -0.4 is 0 Å². The van der Waals surface area contributed by atoms with E-state index in [0.29, 0.717) is 12.6 Å². The van der Waals surface area contributed by atoms with Gasteiger partial charge >= 0.3 is 0 Å². The van der Waals surface area contributed by atoms with Gasteiger partial charge in [0.2, 0.25) is 0 Å². The molecule has 1 saturated carbocycles. The van der Waals surface area contributed by atoms with E-state index in [4.69, 9.17) is 0 Å². The van der Waals surface area contributed by atoms with Gasteiger partial charge in [-0.2, -0.15) is 0 Å². The number of rotatable bonds is 2. The summed E-state index contributed by atoms with van der Waals surface area (Å²) in [4.78, 5) is 2.59. The summed E-state index contributed by atoms with van der Waals surface area (Å²) in [5.74, 6) is 1.75. The molecule has 1 saturated heterocycles. The summed E-state index contributed by atoms with van der Waals surface area (Å²) in [5.41, 5.74) is 0. The molecule has 2 nitrogen and oxygen atoms in total. The fraction of sp³-hybridized carbons (Fsp3) is 1.00. The van der Waals surface area contributed by atoms with Crippen LogP contribution in [0.5, 0.6) is 0 Å². The molecule has 88 valence electrons. The van der Waals surface area contributed by atoms with Gasteiger partial charge in [0, 0.05) is 12.1 Å². The van der Waals surface area contributed by atoms with Crippen LogP contribution in [0.25, 0.3) is 0 Å². The summed E-state index contributed by atoms with van der Waals surface area (Å²) >= 11 is 0. The SMILES string of the molecule is CC1CC(C)CC(N2CCC[C@H]2CO)C1. The van der Waals surface area contributed by atoms with Crippen molar-refractivity contribution in [1.82, 2.24) is 4.90 Å². The van der Waals surface area contributed by atoms with Crippen LogP contribution in [0.3, 0.4) is 0 Å². The highest BCUT2D eigenvalue weighted by atomic mass is 16.3. The maximum absolute atomic E-state index is 9.36. The Kier molecular flexibility index (Phi) is 3.68. The lowest BCUT2D eigenvalue weighted by Crippen LogP contribution is -2.44. The Bertz CT molecular complexity index is 197. The topological polar surface area (TPSA) is 23.5 Å². The standard InChI is InChI=1S/C13H25NO/c1-10-6-11(2)8-13(7-10)14-5-3-4-12(14)9-15/h10-13,15H,3-9H2,1-2H3/t10?,11?,12-,13?/m0/s1. The van der Waals surface area contributed by atoms with Crippen molar-refractivity contribution in [2.24, 2.45) is 11.8 Å². The van der Waals surface area contributed by atoms with Crippen molar-refractivity contribution < 1.29 is 5.11 Å². The smallest absolute Gasteiger partial charge is 0.0586 e. The minimum absolute atomic E-state index is 0.360. The van der Waals surface area contributed by atoms with Crippen LogP contribution in [-0.2, 0) is 0 Å². The molecule has 3 atom stereocenters. The summed E-state index contributed by atoms with van der Waals surface area (Å²) in [6.07, 6.45) is 6.58. The normalized spacial score (nSPS) is 43.4. The second kappa shape index (κ2) is 4.84. The molecule has 0 aromatic rings. The van der Waals surface area contributed by atoms with Gasteiger partial charge in [-0.05, 0) is 50.5 Å². The third kappa shape index (κ3) is 2.54. The summed E-state index contributed by atoms with van der Waals surface area (Å²) in [7, 11) is 0. The Morgan fingerprint density at radius 1 is 1.13 bits per heavy atom. The minimum atomic E-state index is 0.360. The molecule has 2 fully saturated rings. The molecule has 2 aliphatic rings. The molecule has 0 aromatic heterocycles.